The number of aromatic amines is 1. The van der Waals surface area contributed by atoms with Crippen molar-refractivity contribution in [1.29, 1.82) is 0 Å². The Labute approximate surface area is 154 Å². The summed E-state index contributed by atoms with van der Waals surface area (Å²) in [5.74, 6) is 0.482. The van der Waals surface area contributed by atoms with E-state index in [2.05, 4.69) is 36.4 Å². The molecule has 1 amide bonds. The SMILES string of the molecule is CCC(NC(=O)C1CCCC1)c1nnc(-c2cccc(Br)c2)[nH]c1=O. The summed E-state index contributed by atoms with van der Waals surface area (Å²) >= 11 is 3.40. The molecule has 0 radical (unpaired) electrons. The second kappa shape index (κ2) is 7.91. The maximum Gasteiger partial charge on any atom is 0.275 e. The highest BCUT2D eigenvalue weighted by atomic mass is 79.9. The molecule has 1 heterocycles. The van der Waals surface area contributed by atoms with E-state index < -0.39 is 6.04 Å². The van der Waals surface area contributed by atoms with E-state index in [0.717, 1.165) is 35.7 Å². The fourth-order valence-electron chi connectivity index (χ4n) is 3.18. The van der Waals surface area contributed by atoms with Crippen LogP contribution >= 0.6 is 15.9 Å². The van der Waals surface area contributed by atoms with Crippen molar-refractivity contribution in [3.63, 3.8) is 0 Å². The molecule has 1 saturated carbocycles. The third-order valence-electron chi connectivity index (χ3n) is 4.60. The Morgan fingerprint density at radius 2 is 2.12 bits per heavy atom. The van der Waals surface area contributed by atoms with E-state index in [1.165, 1.54) is 0 Å². The largest absolute Gasteiger partial charge is 0.347 e. The van der Waals surface area contributed by atoms with Gasteiger partial charge in [0.1, 0.15) is 0 Å². The Bertz CT molecular complexity index is 815. The van der Waals surface area contributed by atoms with E-state index in [-0.39, 0.29) is 23.1 Å². The zero-order chi connectivity index (χ0) is 17.8. The lowest BCUT2D eigenvalue weighted by Gasteiger charge is -2.18. The summed E-state index contributed by atoms with van der Waals surface area (Å²) in [4.78, 5) is 27.6. The highest BCUT2D eigenvalue weighted by molar-refractivity contribution is 9.10. The van der Waals surface area contributed by atoms with Gasteiger partial charge in [-0.2, -0.15) is 0 Å². The minimum atomic E-state index is -0.416. The van der Waals surface area contributed by atoms with Crippen molar-refractivity contribution >= 4 is 21.8 Å². The van der Waals surface area contributed by atoms with E-state index in [4.69, 9.17) is 0 Å². The lowest BCUT2D eigenvalue weighted by atomic mass is 10.1. The standard InChI is InChI=1S/C18H21BrN4O2/c1-2-14(20-17(24)11-6-3-4-7-11)15-18(25)21-16(23-22-15)12-8-5-9-13(19)10-12/h5,8-11,14H,2-4,6-7H2,1H3,(H,20,24)(H,21,23,25). The van der Waals surface area contributed by atoms with Crippen LogP contribution in [0.5, 0.6) is 0 Å². The van der Waals surface area contributed by atoms with Crippen LogP contribution in [-0.4, -0.2) is 21.1 Å². The fraction of sp³-hybridized carbons (Fsp3) is 0.444. The number of amides is 1. The van der Waals surface area contributed by atoms with Crippen molar-refractivity contribution in [3.05, 3.63) is 44.8 Å². The second-order valence-corrected chi connectivity index (χ2v) is 7.26. The normalized spacial score (nSPS) is 15.9. The highest BCUT2D eigenvalue weighted by Gasteiger charge is 2.26. The highest BCUT2D eigenvalue weighted by Crippen LogP contribution is 2.26. The van der Waals surface area contributed by atoms with Crippen molar-refractivity contribution in [2.75, 3.05) is 0 Å². The van der Waals surface area contributed by atoms with Gasteiger partial charge < -0.3 is 10.3 Å². The van der Waals surface area contributed by atoms with Gasteiger partial charge in [-0.25, -0.2) is 0 Å². The number of halogens is 1. The third-order valence-corrected chi connectivity index (χ3v) is 5.09. The Balaban J connectivity index is 1.81. The number of nitrogens with zero attached hydrogens (tertiary/aromatic N) is 2. The van der Waals surface area contributed by atoms with E-state index in [1.54, 1.807) is 0 Å². The lowest BCUT2D eigenvalue weighted by Crippen LogP contribution is -2.36. The van der Waals surface area contributed by atoms with Crippen molar-refractivity contribution < 1.29 is 4.79 Å². The Kier molecular flexibility index (Phi) is 5.63. The number of benzene rings is 1. The first kappa shape index (κ1) is 17.8. The molecule has 6 nitrogen and oxygen atoms in total. The van der Waals surface area contributed by atoms with Gasteiger partial charge in [-0.05, 0) is 31.4 Å². The summed E-state index contributed by atoms with van der Waals surface area (Å²) in [5, 5.41) is 11.2. The summed E-state index contributed by atoms with van der Waals surface area (Å²) in [5.41, 5.74) is 0.713. The number of H-pyrrole nitrogens is 1. The molecule has 1 aromatic heterocycles. The van der Waals surface area contributed by atoms with Crippen LogP contribution in [-0.2, 0) is 4.79 Å². The molecule has 1 aromatic carbocycles. The molecular weight excluding hydrogens is 384 g/mol. The quantitative estimate of drug-likeness (QED) is 0.799. The number of hydrogen-bond donors (Lipinski definition) is 2. The summed E-state index contributed by atoms with van der Waals surface area (Å²) in [7, 11) is 0. The summed E-state index contributed by atoms with van der Waals surface area (Å²) in [6.07, 6.45) is 4.62. The number of hydrogen-bond acceptors (Lipinski definition) is 4. The molecule has 2 N–H and O–H groups in total. The van der Waals surface area contributed by atoms with E-state index >= 15 is 0 Å². The molecule has 3 rings (SSSR count). The van der Waals surface area contributed by atoms with Crippen LogP contribution in [0.15, 0.2) is 33.5 Å². The minimum Gasteiger partial charge on any atom is -0.347 e. The minimum absolute atomic E-state index is 0.0154. The predicted molar refractivity (Wildman–Crippen MR) is 98.9 cm³/mol. The molecule has 0 saturated heterocycles. The van der Waals surface area contributed by atoms with Gasteiger partial charge in [0.25, 0.3) is 5.56 Å². The fourth-order valence-corrected chi connectivity index (χ4v) is 3.58. The van der Waals surface area contributed by atoms with Crippen molar-refractivity contribution in [2.24, 2.45) is 5.92 Å². The molecule has 132 valence electrons. The van der Waals surface area contributed by atoms with Crippen molar-refractivity contribution in [1.82, 2.24) is 20.5 Å². The molecule has 0 aliphatic heterocycles. The predicted octanol–water partition coefficient (Wildman–Crippen LogP) is 3.35. The van der Waals surface area contributed by atoms with Crippen molar-refractivity contribution in [2.45, 2.75) is 45.1 Å². The van der Waals surface area contributed by atoms with Crippen LogP contribution in [0, 0.1) is 5.92 Å². The number of carbonyl (C=O) groups excluding carboxylic acids is 1. The molecule has 1 atom stereocenters. The first-order chi connectivity index (χ1) is 12.1. The number of rotatable bonds is 5. The molecule has 0 bridgehead atoms. The van der Waals surface area contributed by atoms with Crippen LogP contribution in [0.2, 0.25) is 0 Å². The number of nitrogens with one attached hydrogen (secondary N) is 2. The Hall–Kier alpha value is -2.02. The monoisotopic (exact) mass is 404 g/mol. The molecular formula is C18H21BrN4O2. The zero-order valence-electron chi connectivity index (χ0n) is 14.1. The van der Waals surface area contributed by atoms with Gasteiger partial charge >= 0.3 is 0 Å². The molecule has 1 aliphatic rings. The summed E-state index contributed by atoms with van der Waals surface area (Å²) in [6.45, 7) is 1.92. The van der Waals surface area contributed by atoms with Crippen LogP contribution in [0.1, 0.15) is 50.8 Å². The van der Waals surface area contributed by atoms with Crippen LogP contribution in [0.4, 0.5) is 0 Å². The van der Waals surface area contributed by atoms with Crippen molar-refractivity contribution in [3.8, 4) is 11.4 Å². The first-order valence-electron chi connectivity index (χ1n) is 8.61. The maximum atomic E-state index is 12.5. The third kappa shape index (κ3) is 4.15. The van der Waals surface area contributed by atoms with Gasteiger partial charge in [0.15, 0.2) is 11.5 Å². The average Bonchev–Trinajstić information content (AvgIpc) is 3.14. The summed E-state index contributed by atoms with van der Waals surface area (Å²) in [6, 6.07) is 7.06. The molecule has 1 fully saturated rings. The number of aromatic nitrogens is 3. The topological polar surface area (TPSA) is 87.7 Å². The van der Waals surface area contributed by atoms with Crippen LogP contribution in [0.3, 0.4) is 0 Å². The van der Waals surface area contributed by atoms with Gasteiger partial charge in [-0.3, -0.25) is 9.59 Å². The van der Waals surface area contributed by atoms with Gasteiger partial charge in [-0.15, -0.1) is 10.2 Å². The number of carbonyl (C=O) groups is 1. The zero-order valence-corrected chi connectivity index (χ0v) is 15.7. The molecule has 7 heteroatoms. The molecule has 0 spiro atoms. The average molecular weight is 405 g/mol. The molecule has 25 heavy (non-hydrogen) atoms. The van der Waals surface area contributed by atoms with E-state index in [0.29, 0.717) is 12.2 Å². The van der Waals surface area contributed by atoms with Gasteiger partial charge in [-0.1, -0.05) is 47.8 Å². The summed E-state index contributed by atoms with van der Waals surface area (Å²) < 4.78 is 0.895. The molecule has 2 aromatic rings. The Morgan fingerprint density at radius 1 is 1.36 bits per heavy atom. The Morgan fingerprint density at radius 3 is 2.76 bits per heavy atom. The smallest absolute Gasteiger partial charge is 0.275 e. The van der Waals surface area contributed by atoms with Gasteiger partial charge in [0.05, 0.1) is 6.04 Å². The molecule has 1 unspecified atom stereocenters. The van der Waals surface area contributed by atoms with E-state index in [9.17, 15) is 9.59 Å². The lowest BCUT2D eigenvalue weighted by molar-refractivity contribution is -0.125. The molecule has 1 aliphatic carbocycles. The van der Waals surface area contributed by atoms with Gasteiger partial charge in [0, 0.05) is 16.0 Å². The second-order valence-electron chi connectivity index (χ2n) is 6.35. The first-order valence-corrected chi connectivity index (χ1v) is 9.41. The van der Waals surface area contributed by atoms with Crippen LogP contribution < -0.4 is 10.9 Å². The van der Waals surface area contributed by atoms with Gasteiger partial charge in [0.2, 0.25) is 5.91 Å². The van der Waals surface area contributed by atoms with Crippen LogP contribution in [0.25, 0.3) is 11.4 Å². The van der Waals surface area contributed by atoms with E-state index in [1.807, 2.05) is 31.2 Å². The maximum absolute atomic E-state index is 12.5.